The molecule has 1 aliphatic heterocycles. The van der Waals surface area contributed by atoms with E-state index in [1.54, 1.807) is 6.61 Å². The Labute approximate surface area is 143 Å². The molecule has 16 heavy (non-hydrogen) atoms. The molecule has 1 rings (SSSR count). The maximum absolute atomic E-state index is 4.68. The molecule has 5 heteroatoms. The average molecular weight is 736 g/mol. The molecule has 0 spiro atoms. The number of allylic oxidation sites excluding steroid dienone is 1. The zero-order valence-electron chi connectivity index (χ0n) is 10.0. The Balaban J connectivity index is -0.0000000347. The summed E-state index contributed by atoms with van der Waals surface area (Å²) in [5.41, 5.74) is 0. The van der Waals surface area contributed by atoms with Gasteiger partial charge in [0.1, 0.15) is 0 Å². The van der Waals surface area contributed by atoms with Gasteiger partial charge in [-0.2, -0.15) is 6.61 Å². The van der Waals surface area contributed by atoms with Crippen LogP contribution < -0.4 is 0 Å². The predicted octanol–water partition coefficient (Wildman–Crippen LogP) is 3.11. The van der Waals surface area contributed by atoms with Crippen molar-refractivity contribution in [3.8, 4) is 0 Å². The van der Waals surface area contributed by atoms with Gasteiger partial charge in [0.25, 0.3) is 0 Å². The van der Waals surface area contributed by atoms with Gasteiger partial charge in [0, 0.05) is 63.2 Å². The summed E-state index contributed by atoms with van der Waals surface area (Å²) in [5, 5.41) is 0. The van der Waals surface area contributed by atoms with Crippen molar-refractivity contribution in [2.45, 2.75) is 32.8 Å². The maximum Gasteiger partial charge on any atom is 0.0723 e. The fraction of sp³-hybridized carbons (Fsp3) is 0.545. The monoisotopic (exact) mass is 736 g/mol. The van der Waals surface area contributed by atoms with Gasteiger partial charge in [-0.1, -0.05) is 32.4 Å². The molecule has 2 nitrogen and oxygen atoms in total. The van der Waals surface area contributed by atoms with Crippen LogP contribution in [0.2, 0.25) is 0 Å². The quantitative estimate of drug-likeness (QED) is 0.193. The number of ether oxygens (including phenoxy) is 2. The van der Waals surface area contributed by atoms with Crippen molar-refractivity contribution < 1.29 is 72.7 Å². The third kappa shape index (κ3) is 58.7. The summed E-state index contributed by atoms with van der Waals surface area (Å²) in [4.78, 5) is 0. The van der Waals surface area contributed by atoms with Crippen molar-refractivity contribution in [2.75, 3.05) is 7.11 Å². The molecule has 0 aromatic rings. The Morgan fingerprint density at radius 2 is 1.75 bits per heavy atom. The van der Waals surface area contributed by atoms with Crippen LogP contribution in [0.15, 0.2) is 18.9 Å². The van der Waals surface area contributed by atoms with Crippen molar-refractivity contribution in [3.05, 3.63) is 32.1 Å². The number of epoxide rings is 1. The van der Waals surface area contributed by atoms with Gasteiger partial charge in [0.15, 0.2) is 0 Å². The number of hydrogen-bond donors (Lipinski definition) is 0. The van der Waals surface area contributed by atoms with E-state index in [0.717, 1.165) is 12.7 Å². The van der Waals surface area contributed by atoms with Gasteiger partial charge >= 0.3 is 0 Å². The number of rotatable bonds is 3. The fourth-order valence-electron chi connectivity index (χ4n) is 0.283. The molecule has 0 bridgehead atoms. The normalized spacial score (nSPS) is 13.6. The van der Waals surface area contributed by atoms with Crippen LogP contribution in [0.5, 0.6) is 0 Å². The van der Waals surface area contributed by atoms with E-state index >= 15 is 0 Å². The van der Waals surface area contributed by atoms with Crippen LogP contribution in [0, 0.1) is 13.2 Å². The standard InChI is InChI=1S/C5H10.2C3H5O.3W/c1-3-5-4-2;1-3-2-4-3;1-3-4-2;;;/h3H,1,4-5H2,2H3;2-3H,1H3;1,3H,2H3;;;/q;2*-1;;;. The molecule has 0 N–H and O–H groups in total. The van der Waals surface area contributed by atoms with E-state index in [2.05, 4.69) is 29.6 Å². The van der Waals surface area contributed by atoms with Crippen molar-refractivity contribution in [1.82, 2.24) is 0 Å². The zero-order valence-corrected chi connectivity index (χ0v) is 18.8. The first-order valence-corrected chi connectivity index (χ1v) is 4.38. The van der Waals surface area contributed by atoms with E-state index in [-0.39, 0.29) is 63.2 Å². The molecular weight excluding hydrogens is 716 g/mol. The first-order chi connectivity index (χ1) is 6.22. The molecule has 0 aromatic heterocycles. The summed E-state index contributed by atoms with van der Waals surface area (Å²) < 4.78 is 8.78. The molecular formula is C11H20O2W3-2. The van der Waals surface area contributed by atoms with Gasteiger partial charge in [-0.3, -0.25) is 0 Å². The second-order valence-electron chi connectivity index (χ2n) is 2.43. The number of methoxy groups -OCH3 is 1. The minimum absolute atomic E-state index is 0. The first kappa shape index (κ1) is 30.4. The summed E-state index contributed by atoms with van der Waals surface area (Å²) >= 11 is 0. The molecule has 1 fully saturated rings. The Morgan fingerprint density at radius 3 is 1.75 bits per heavy atom. The Morgan fingerprint density at radius 1 is 1.44 bits per heavy atom. The minimum atomic E-state index is 0. The second kappa shape index (κ2) is 29.9. The third-order valence-electron chi connectivity index (χ3n) is 1.04. The molecule has 96 valence electrons. The van der Waals surface area contributed by atoms with Crippen LogP contribution in [0.1, 0.15) is 26.7 Å². The topological polar surface area (TPSA) is 21.8 Å². The summed E-state index contributed by atoms with van der Waals surface area (Å²) in [6.07, 6.45) is 5.89. The van der Waals surface area contributed by atoms with E-state index in [1.165, 1.54) is 13.5 Å². The number of hydrogen-bond acceptors (Lipinski definition) is 2. The molecule has 0 saturated carbocycles. The largest absolute Gasteiger partial charge is 0.570 e. The van der Waals surface area contributed by atoms with E-state index in [1.807, 2.05) is 13.0 Å². The molecule has 0 aliphatic carbocycles. The van der Waals surface area contributed by atoms with Crippen LogP contribution in [0.3, 0.4) is 0 Å². The van der Waals surface area contributed by atoms with E-state index in [4.69, 9.17) is 0 Å². The van der Waals surface area contributed by atoms with Gasteiger partial charge in [-0.05, 0) is 6.42 Å². The first-order valence-electron chi connectivity index (χ1n) is 4.38. The SMILES string of the molecule is C=CCCC.CC1[CH-]O1.[CH-]=COC.[W].[W].[W]. The summed E-state index contributed by atoms with van der Waals surface area (Å²) in [5.74, 6) is 0. The second-order valence-corrected chi connectivity index (χ2v) is 2.43. The maximum atomic E-state index is 4.68. The van der Waals surface area contributed by atoms with Crippen LogP contribution >= 0.6 is 0 Å². The van der Waals surface area contributed by atoms with Gasteiger partial charge in [0.2, 0.25) is 0 Å². The minimum Gasteiger partial charge on any atom is -0.570 e. The van der Waals surface area contributed by atoms with Crippen molar-refractivity contribution in [3.63, 3.8) is 0 Å². The fourth-order valence-corrected chi connectivity index (χ4v) is 0.283. The molecule has 0 radical (unpaired) electrons. The third-order valence-corrected chi connectivity index (χ3v) is 1.04. The summed E-state index contributed by atoms with van der Waals surface area (Å²) in [6, 6.07) is 0. The molecule has 1 heterocycles. The van der Waals surface area contributed by atoms with Crippen LogP contribution in [-0.2, 0) is 72.7 Å². The molecule has 0 aromatic carbocycles. The van der Waals surface area contributed by atoms with Gasteiger partial charge in [-0.25, -0.2) is 0 Å². The van der Waals surface area contributed by atoms with Gasteiger partial charge < -0.3 is 16.1 Å². The smallest absolute Gasteiger partial charge is 0.0723 e. The molecule has 0 amide bonds. The Bertz CT molecular complexity index is 118. The average Bonchev–Trinajstić information content (AvgIpc) is 2.91. The van der Waals surface area contributed by atoms with Crippen molar-refractivity contribution in [1.29, 1.82) is 0 Å². The number of unbranched alkanes of at least 4 members (excludes halogenated alkanes) is 1. The Kier molecular flexibility index (Phi) is 56.8. The van der Waals surface area contributed by atoms with Crippen molar-refractivity contribution >= 4 is 0 Å². The van der Waals surface area contributed by atoms with E-state index in [0.29, 0.717) is 6.10 Å². The zero-order chi connectivity index (χ0) is 10.5. The van der Waals surface area contributed by atoms with Crippen LogP contribution in [0.25, 0.3) is 0 Å². The van der Waals surface area contributed by atoms with E-state index < -0.39 is 0 Å². The molecule has 1 aliphatic rings. The van der Waals surface area contributed by atoms with Gasteiger partial charge in [-0.15, -0.1) is 12.8 Å². The van der Waals surface area contributed by atoms with E-state index in [9.17, 15) is 0 Å². The summed E-state index contributed by atoms with van der Waals surface area (Å²) in [7, 11) is 1.50. The summed E-state index contributed by atoms with van der Waals surface area (Å²) in [6.45, 7) is 14.2. The molecule has 1 saturated heterocycles. The van der Waals surface area contributed by atoms with Crippen molar-refractivity contribution in [2.24, 2.45) is 0 Å². The molecule has 1 atom stereocenters. The Hall–Kier alpha value is 1.30. The van der Waals surface area contributed by atoms with Crippen LogP contribution in [-0.4, -0.2) is 13.2 Å². The predicted molar refractivity (Wildman–Crippen MR) is 55.8 cm³/mol. The van der Waals surface area contributed by atoms with Gasteiger partial charge in [0.05, 0.1) is 7.11 Å². The van der Waals surface area contributed by atoms with Crippen LogP contribution in [0.4, 0.5) is 0 Å². The molecule has 1 unspecified atom stereocenters.